The number of carbonyl (C=O) groups is 1. The maximum atomic E-state index is 11.3. The van der Waals surface area contributed by atoms with Gasteiger partial charge in [0.15, 0.2) is 0 Å². The summed E-state index contributed by atoms with van der Waals surface area (Å²) in [5.41, 5.74) is 3.59. The second-order valence-corrected chi connectivity index (χ2v) is 6.41. The van der Waals surface area contributed by atoms with E-state index in [-0.39, 0.29) is 0 Å². The summed E-state index contributed by atoms with van der Waals surface area (Å²) in [6.07, 6.45) is 2.81. The van der Waals surface area contributed by atoms with E-state index in [1.54, 1.807) is 0 Å². The lowest BCUT2D eigenvalue weighted by Crippen LogP contribution is -2.43. The molecule has 0 aromatic heterocycles. The van der Waals surface area contributed by atoms with Crippen LogP contribution in [0.2, 0.25) is 0 Å². The summed E-state index contributed by atoms with van der Waals surface area (Å²) >= 11 is 0. The van der Waals surface area contributed by atoms with E-state index in [9.17, 15) is 4.79 Å². The number of rotatable bonds is 6. The van der Waals surface area contributed by atoms with Crippen molar-refractivity contribution in [3.63, 3.8) is 0 Å². The molecule has 0 atom stereocenters. The standard InChI is InChI=1S/C24H23NO/c1-20(19-26)18-25(2)24(21-12-6-3-7-13-21,22-14-8-4-9-15-22)23-16-10-5-11-17-23/h3-19H,1-2H3/b20-18+. The van der Waals surface area contributed by atoms with Gasteiger partial charge < -0.3 is 4.90 Å². The zero-order valence-electron chi connectivity index (χ0n) is 15.2. The Bertz CT molecular complexity index is 773. The number of aldehydes is 1. The van der Waals surface area contributed by atoms with Gasteiger partial charge in [-0.25, -0.2) is 0 Å². The second kappa shape index (κ2) is 7.83. The molecule has 0 aliphatic heterocycles. The molecule has 2 nitrogen and oxygen atoms in total. The largest absolute Gasteiger partial charge is 0.363 e. The molecule has 0 saturated heterocycles. The van der Waals surface area contributed by atoms with E-state index in [1.165, 1.54) is 0 Å². The number of allylic oxidation sites excluding steroid dienone is 1. The molecular formula is C24H23NO. The fourth-order valence-corrected chi connectivity index (χ4v) is 3.58. The van der Waals surface area contributed by atoms with Crippen molar-refractivity contribution < 1.29 is 4.79 Å². The maximum Gasteiger partial charge on any atom is 0.147 e. The first-order valence-electron chi connectivity index (χ1n) is 8.72. The second-order valence-electron chi connectivity index (χ2n) is 6.41. The molecule has 0 N–H and O–H groups in total. The number of hydrogen-bond acceptors (Lipinski definition) is 2. The van der Waals surface area contributed by atoms with Crippen LogP contribution in [-0.2, 0) is 10.3 Å². The third-order valence-corrected chi connectivity index (χ3v) is 4.69. The molecule has 0 bridgehead atoms. The highest BCUT2D eigenvalue weighted by Crippen LogP contribution is 2.41. The molecule has 0 unspecified atom stereocenters. The Kier molecular flexibility index (Phi) is 5.33. The van der Waals surface area contributed by atoms with Crippen LogP contribution in [0, 0.1) is 0 Å². The predicted molar refractivity (Wildman–Crippen MR) is 107 cm³/mol. The van der Waals surface area contributed by atoms with Crippen molar-refractivity contribution >= 4 is 6.29 Å². The monoisotopic (exact) mass is 341 g/mol. The molecule has 0 aliphatic carbocycles. The average molecular weight is 341 g/mol. The fourth-order valence-electron chi connectivity index (χ4n) is 3.58. The van der Waals surface area contributed by atoms with Crippen LogP contribution in [0.15, 0.2) is 103 Å². The van der Waals surface area contributed by atoms with Crippen LogP contribution in [0.25, 0.3) is 0 Å². The van der Waals surface area contributed by atoms with Crippen molar-refractivity contribution in [2.75, 3.05) is 7.05 Å². The molecule has 3 aromatic carbocycles. The molecule has 0 amide bonds. The van der Waals surface area contributed by atoms with Crippen LogP contribution in [0.5, 0.6) is 0 Å². The van der Waals surface area contributed by atoms with Gasteiger partial charge in [-0.05, 0) is 23.6 Å². The zero-order valence-corrected chi connectivity index (χ0v) is 15.2. The van der Waals surface area contributed by atoms with Gasteiger partial charge in [0.05, 0.1) is 0 Å². The first-order chi connectivity index (χ1) is 12.7. The molecule has 0 saturated carbocycles. The van der Waals surface area contributed by atoms with Crippen LogP contribution < -0.4 is 0 Å². The molecule has 3 rings (SSSR count). The van der Waals surface area contributed by atoms with Crippen LogP contribution in [0.3, 0.4) is 0 Å². The van der Waals surface area contributed by atoms with Crippen molar-refractivity contribution in [3.8, 4) is 0 Å². The van der Waals surface area contributed by atoms with Gasteiger partial charge in [0.1, 0.15) is 11.8 Å². The van der Waals surface area contributed by atoms with Gasteiger partial charge in [-0.2, -0.15) is 0 Å². The topological polar surface area (TPSA) is 20.3 Å². The fraction of sp³-hybridized carbons (Fsp3) is 0.125. The minimum Gasteiger partial charge on any atom is -0.363 e. The first-order valence-corrected chi connectivity index (χ1v) is 8.72. The van der Waals surface area contributed by atoms with E-state index in [0.29, 0.717) is 5.57 Å². The van der Waals surface area contributed by atoms with Gasteiger partial charge in [-0.1, -0.05) is 91.0 Å². The number of benzene rings is 3. The van der Waals surface area contributed by atoms with Crippen LogP contribution >= 0.6 is 0 Å². The van der Waals surface area contributed by atoms with E-state index >= 15 is 0 Å². The quantitative estimate of drug-likeness (QED) is 0.357. The van der Waals surface area contributed by atoms with E-state index < -0.39 is 5.54 Å². The summed E-state index contributed by atoms with van der Waals surface area (Å²) in [6, 6.07) is 31.2. The molecule has 130 valence electrons. The van der Waals surface area contributed by atoms with Gasteiger partial charge >= 0.3 is 0 Å². The minimum absolute atomic E-state index is 0.534. The summed E-state index contributed by atoms with van der Waals surface area (Å²) < 4.78 is 0. The maximum absolute atomic E-state index is 11.3. The Balaban J connectivity index is 2.37. The van der Waals surface area contributed by atoms with Crippen molar-refractivity contribution in [2.24, 2.45) is 0 Å². The predicted octanol–water partition coefficient (Wildman–Crippen LogP) is 5.01. The normalized spacial score (nSPS) is 11.8. The Morgan fingerprint density at radius 3 is 1.38 bits per heavy atom. The summed E-state index contributed by atoms with van der Waals surface area (Å²) in [4.78, 5) is 13.4. The molecule has 3 aromatic rings. The van der Waals surface area contributed by atoms with Crippen LogP contribution in [-0.4, -0.2) is 18.2 Å². The molecule has 0 fully saturated rings. The summed E-state index contributed by atoms with van der Waals surface area (Å²) in [6.45, 7) is 1.83. The van der Waals surface area contributed by atoms with Crippen molar-refractivity contribution in [1.29, 1.82) is 0 Å². The molecular weight excluding hydrogens is 318 g/mol. The molecule has 0 heterocycles. The molecule has 0 spiro atoms. The van der Waals surface area contributed by atoms with Gasteiger partial charge in [-0.15, -0.1) is 0 Å². The smallest absolute Gasteiger partial charge is 0.147 e. The Hall–Kier alpha value is -3.13. The highest BCUT2D eigenvalue weighted by atomic mass is 16.1. The third kappa shape index (κ3) is 3.18. The number of hydrogen-bond donors (Lipinski definition) is 0. The van der Waals surface area contributed by atoms with Crippen molar-refractivity contribution in [2.45, 2.75) is 12.5 Å². The highest BCUT2D eigenvalue weighted by Gasteiger charge is 2.39. The summed E-state index contributed by atoms with van der Waals surface area (Å²) in [5.74, 6) is 0. The molecule has 0 radical (unpaired) electrons. The van der Waals surface area contributed by atoms with Gasteiger partial charge in [0, 0.05) is 18.8 Å². The lowest BCUT2D eigenvalue weighted by atomic mass is 9.76. The Labute approximate surface area is 155 Å². The van der Waals surface area contributed by atoms with E-state index in [0.717, 1.165) is 23.0 Å². The first kappa shape index (κ1) is 17.7. The number of carbonyl (C=O) groups excluding carboxylic acids is 1. The van der Waals surface area contributed by atoms with Gasteiger partial charge in [-0.3, -0.25) is 4.79 Å². The molecule has 0 aliphatic rings. The Morgan fingerprint density at radius 2 is 1.08 bits per heavy atom. The highest BCUT2D eigenvalue weighted by molar-refractivity contribution is 5.72. The molecule has 26 heavy (non-hydrogen) atoms. The average Bonchev–Trinajstić information content (AvgIpc) is 2.71. The van der Waals surface area contributed by atoms with Crippen molar-refractivity contribution in [1.82, 2.24) is 4.90 Å². The minimum atomic E-state index is -0.534. The van der Waals surface area contributed by atoms with E-state index in [4.69, 9.17) is 0 Å². The van der Waals surface area contributed by atoms with Crippen molar-refractivity contribution in [3.05, 3.63) is 119 Å². The van der Waals surface area contributed by atoms with E-state index in [2.05, 4.69) is 77.7 Å². The van der Waals surface area contributed by atoms with E-state index in [1.807, 2.05) is 38.4 Å². The lowest BCUT2D eigenvalue weighted by molar-refractivity contribution is -0.104. The zero-order chi connectivity index (χ0) is 18.4. The van der Waals surface area contributed by atoms with Crippen LogP contribution in [0.4, 0.5) is 0 Å². The third-order valence-electron chi connectivity index (χ3n) is 4.69. The SMILES string of the molecule is C/C(C=O)=C\N(C)C(c1ccccc1)(c1ccccc1)c1ccccc1. The van der Waals surface area contributed by atoms with Gasteiger partial charge in [0.25, 0.3) is 0 Å². The number of nitrogens with zero attached hydrogens (tertiary/aromatic N) is 1. The lowest BCUT2D eigenvalue weighted by Gasteiger charge is -2.43. The summed E-state index contributed by atoms with van der Waals surface area (Å²) in [7, 11) is 2.03. The Morgan fingerprint density at radius 1 is 0.731 bits per heavy atom. The van der Waals surface area contributed by atoms with Crippen LogP contribution in [0.1, 0.15) is 23.6 Å². The summed E-state index contributed by atoms with van der Waals surface area (Å²) in [5, 5.41) is 0. The van der Waals surface area contributed by atoms with Gasteiger partial charge in [0.2, 0.25) is 0 Å². The molecule has 2 heteroatoms.